The van der Waals surface area contributed by atoms with Crippen LogP contribution in [0.4, 0.5) is 0 Å². The molecular formula is C24H22Cl2N2O5. The maximum Gasteiger partial charge on any atom is 0.273 e. The van der Waals surface area contributed by atoms with Crippen molar-refractivity contribution in [1.29, 1.82) is 0 Å². The number of halogens is 2. The summed E-state index contributed by atoms with van der Waals surface area (Å²) < 4.78 is 5.17. The molecule has 2 aromatic carbocycles. The summed E-state index contributed by atoms with van der Waals surface area (Å²) in [7, 11) is 1.48. The van der Waals surface area contributed by atoms with Crippen molar-refractivity contribution in [3.05, 3.63) is 63.6 Å². The molecule has 2 fully saturated rings. The monoisotopic (exact) mass is 488 g/mol. The van der Waals surface area contributed by atoms with Gasteiger partial charge in [-0.25, -0.2) is 5.01 Å². The third-order valence-electron chi connectivity index (χ3n) is 6.15. The van der Waals surface area contributed by atoms with Gasteiger partial charge in [-0.1, -0.05) is 48.2 Å². The second-order valence-corrected chi connectivity index (χ2v) is 8.95. The zero-order valence-electron chi connectivity index (χ0n) is 17.9. The summed E-state index contributed by atoms with van der Waals surface area (Å²) in [6.45, 7) is -0.497. The summed E-state index contributed by atoms with van der Waals surface area (Å²) in [4.78, 5) is 53.0. The van der Waals surface area contributed by atoms with Crippen LogP contribution in [0.15, 0.2) is 42.5 Å². The molecule has 2 atom stereocenters. The molecular weight excluding hydrogens is 467 g/mol. The number of rotatable bonds is 6. The van der Waals surface area contributed by atoms with Crippen LogP contribution in [-0.4, -0.2) is 47.2 Å². The van der Waals surface area contributed by atoms with Gasteiger partial charge >= 0.3 is 0 Å². The van der Waals surface area contributed by atoms with Crippen molar-refractivity contribution >= 4 is 46.7 Å². The Morgan fingerprint density at radius 3 is 2.24 bits per heavy atom. The van der Waals surface area contributed by atoms with Crippen molar-refractivity contribution in [2.75, 3.05) is 13.7 Å². The van der Waals surface area contributed by atoms with Gasteiger partial charge in [-0.05, 0) is 43.2 Å². The van der Waals surface area contributed by atoms with E-state index in [1.54, 1.807) is 18.2 Å². The third kappa shape index (κ3) is 4.48. The van der Waals surface area contributed by atoms with Gasteiger partial charge in [0, 0.05) is 11.1 Å². The van der Waals surface area contributed by atoms with Crippen LogP contribution in [0.2, 0.25) is 10.0 Å². The number of hydrogen-bond donors (Lipinski definition) is 0. The molecule has 0 N–H and O–H groups in total. The highest BCUT2D eigenvalue weighted by molar-refractivity contribution is 6.42. The van der Waals surface area contributed by atoms with Crippen LogP contribution < -0.4 is 4.74 Å². The van der Waals surface area contributed by atoms with Gasteiger partial charge in [0.2, 0.25) is 0 Å². The van der Waals surface area contributed by atoms with Gasteiger partial charge in [0.1, 0.15) is 12.3 Å². The minimum atomic E-state index is -0.690. The Morgan fingerprint density at radius 1 is 0.970 bits per heavy atom. The summed E-state index contributed by atoms with van der Waals surface area (Å²) in [5, 5.41) is 2.20. The lowest BCUT2D eigenvalue weighted by Gasteiger charge is -2.30. The van der Waals surface area contributed by atoms with Crippen LogP contribution in [0, 0.1) is 11.8 Å². The molecule has 172 valence electrons. The fourth-order valence-electron chi connectivity index (χ4n) is 4.42. The van der Waals surface area contributed by atoms with Gasteiger partial charge in [0.05, 0.1) is 29.0 Å². The molecule has 0 bridgehead atoms. The van der Waals surface area contributed by atoms with E-state index in [4.69, 9.17) is 27.9 Å². The van der Waals surface area contributed by atoms with Crippen molar-refractivity contribution in [3.63, 3.8) is 0 Å². The highest BCUT2D eigenvalue weighted by Gasteiger charge is 2.51. The van der Waals surface area contributed by atoms with Gasteiger partial charge in [-0.15, -0.1) is 0 Å². The Morgan fingerprint density at radius 2 is 1.64 bits per heavy atom. The van der Waals surface area contributed by atoms with Crippen molar-refractivity contribution in [2.45, 2.75) is 25.7 Å². The number of fused-ring (bicyclic) bond motifs is 1. The largest absolute Gasteiger partial charge is 0.497 e. The third-order valence-corrected chi connectivity index (χ3v) is 6.88. The second kappa shape index (κ2) is 9.53. The molecule has 0 spiro atoms. The molecule has 0 aromatic heterocycles. The number of benzene rings is 2. The quantitative estimate of drug-likeness (QED) is 0.443. The minimum Gasteiger partial charge on any atom is -0.497 e. The van der Waals surface area contributed by atoms with E-state index in [1.165, 1.54) is 31.4 Å². The molecule has 1 aliphatic heterocycles. The molecule has 33 heavy (non-hydrogen) atoms. The van der Waals surface area contributed by atoms with Gasteiger partial charge in [0.15, 0.2) is 5.78 Å². The lowest BCUT2D eigenvalue weighted by Crippen LogP contribution is -2.52. The molecule has 4 rings (SSSR count). The zero-order valence-corrected chi connectivity index (χ0v) is 19.4. The lowest BCUT2D eigenvalue weighted by atomic mass is 9.81. The summed E-state index contributed by atoms with van der Waals surface area (Å²) in [6.07, 6.45) is 2.86. The molecule has 7 nitrogen and oxygen atoms in total. The van der Waals surface area contributed by atoms with Crippen LogP contribution in [0.25, 0.3) is 0 Å². The molecule has 1 aliphatic carbocycles. The average Bonchev–Trinajstić information content (AvgIpc) is 3.08. The molecule has 2 aliphatic rings. The number of imide groups is 1. The van der Waals surface area contributed by atoms with Crippen LogP contribution >= 0.6 is 23.2 Å². The number of Topliss-reactive ketones (excluding diaryl/α,β-unsaturated/α-hetero) is 1. The summed E-state index contributed by atoms with van der Waals surface area (Å²) in [5.74, 6) is -2.50. The number of ketones is 1. The highest BCUT2D eigenvalue weighted by atomic mass is 35.5. The molecule has 3 amide bonds. The molecule has 0 unspecified atom stereocenters. The number of methoxy groups -OCH3 is 1. The number of hydrogen-bond acceptors (Lipinski definition) is 5. The van der Waals surface area contributed by atoms with E-state index in [9.17, 15) is 19.2 Å². The Labute approximate surface area is 201 Å². The first-order valence-electron chi connectivity index (χ1n) is 10.6. The van der Waals surface area contributed by atoms with E-state index in [0.717, 1.165) is 22.9 Å². The maximum absolute atomic E-state index is 13.5. The summed E-state index contributed by atoms with van der Waals surface area (Å²) in [6, 6.07) is 10.7. The van der Waals surface area contributed by atoms with E-state index >= 15 is 0 Å². The van der Waals surface area contributed by atoms with Gasteiger partial charge in [0.25, 0.3) is 17.7 Å². The number of ether oxygens (including phenoxy) is 1. The lowest BCUT2D eigenvalue weighted by molar-refractivity contribution is -0.154. The standard InChI is InChI=1S/C24H22Cl2N2O5/c1-33-16-6-4-5-14(11-16)21(29)13-27(22(30)15-9-10-19(25)20(26)12-15)28-23(31)17-7-2-3-8-18(17)24(28)32/h4-6,9-12,17-18H,2-3,7-8,13H2,1H3/t17-,18-/m1/s1. The number of amides is 3. The van der Waals surface area contributed by atoms with Crippen molar-refractivity contribution < 1.29 is 23.9 Å². The first kappa shape index (κ1) is 23.3. The fourth-order valence-corrected chi connectivity index (χ4v) is 4.72. The van der Waals surface area contributed by atoms with E-state index in [0.29, 0.717) is 18.6 Å². The van der Waals surface area contributed by atoms with E-state index in [-0.39, 0.29) is 21.2 Å². The van der Waals surface area contributed by atoms with Gasteiger partial charge in [-0.2, -0.15) is 5.01 Å². The van der Waals surface area contributed by atoms with Crippen LogP contribution in [0.5, 0.6) is 5.75 Å². The molecule has 2 aromatic rings. The summed E-state index contributed by atoms with van der Waals surface area (Å²) >= 11 is 12.1. The maximum atomic E-state index is 13.5. The van der Waals surface area contributed by atoms with Crippen LogP contribution in [0.3, 0.4) is 0 Å². The van der Waals surface area contributed by atoms with E-state index in [2.05, 4.69) is 0 Å². The predicted molar refractivity (Wildman–Crippen MR) is 122 cm³/mol. The zero-order chi connectivity index (χ0) is 23.7. The first-order chi connectivity index (χ1) is 15.8. The molecule has 1 saturated carbocycles. The second-order valence-electron chi connectivity index (χ2n) is 8.13. The van der Waals surface area contributed by atoms with E-state index < -0.39 is 41.9 Å². The van der Waals surface area contributed by atoms with Gasteiger partial charge < -0.3 is 4.74 Å². The van der Waals surface area contributed by atoms with Crippen LogP contribution in [0.1, 0.15) is 46.4 Å². The predicted octanol–water partition coefficient (Wildman–Crippen LogP) is 4.42. The number of carbonyl (C=O) groups excluding carboxylic acids is 4. The Hall–Kier alpha value is -2.90. The molecule has 1 saturated heterocycles. The van der Waals surface area contributed by atoms with Crippen molar-refractivity contribution in [2.24, 2.45) is 11.8 Å². The van der Waals surface area contributed by atoms with E-state index in [1.807, 2.05) is 0 Å². The topological polar surface area (TPSA) is 84.0 Å². The Kier molecular flexibility index (Phi) is 6.72. The Bertz CT molecular complexity index is 1110. The molecule has 0 radical (unpaired) electrons. The number of carbonyl (C=O) groups is 4. The normalized spacial score (nSPS) is 19.9. The van der Waals surface area contributed by atoms with Gasteiger partial charge in [-0.3, -0.25) is 19.2 Å². The minimum absolute atomic E-state index is 0.110. The fraction of sp³-hybridized carbons (Fsp3) is 0.333. The smallest absolute Gasteiger partial charge is 0.273 e. The summed E-state index contributed by atoms with van der Waals surface area (Å²) in [5.41, 5.74) is 0.399. The number of nitrogens with zero attached hydrogens (tertiary/aromatic N) is 2. The Balaban J connectivity index is 1.70. The average molecular weight is 489 g/mol. The number of hydrazine groups is 1. The molecule has 1 heterocycles. The van der Waals surface area contributed by atoms with Crippen molar-refractivity contribution in [1.82, 2.24) is 10.0 Å². The first-order valence-corrected chi connectivity index (χ1v) is 11.4. The SMILES string of the molecule is COc1cccc(C(=O)CN(C(=O)c2ccc(Cl)c(Cl)c2)N2C(=O)[C@@H]3CCCC[C@H]3C2=O)c1. The highest BCUT2D eigenvalue weighted by Crippen LogP contribution is 2.39. The van der Waals surface area contributed by atoms with Crippen molar-refractivity contribution in [3.8, 4) is 5.75 Å². The van der Waals surface area contributed by atoms with Crippen LogP contribution in [-0.2, 0) is 9.59 Å². The molecule has 9 heteroatoms.